The number of hydrogen-bond donors (Lipinski definition) is 2. The number of nitrogens with one attached hydrogen (secondary N) is 2. The Kier molecular flexibility index (Phi) is 5.14. The van der Waals surface area contributed by atoms with Gasteiger partial charge in [0.25, 0.3) is 5.56 Å². The summed E-state index contributed by atoms with van der Waals surface area (Å²) < 4.78 is 0. The highest BCUT2D eigenvalue weighted by atomic mass is 32.2. The van der Waals surface area contributed by atoms with Crippen molar-refractivity contribution < 1.29 is 4.79 Å². The summed E-state index contributed by atoms with van der Waals surface area (Å²) in [5, 5.41) is 6.07. The number of carbonyl (C=O) groups excluding carboxylic acids is 1. The van der Waals surface area contributed by atoms with E-state index < -0.39 is 0 Å². The van der Waals surface area contributed by atoms with Crippen LogP contribution in [0, 0.1) is 17.8 Å². The summed E-state index contributed by atoms with van der Waals surface area (Å²) in [6.07, 6.45) is 7.63. The van der Waals surface area contributed by atoms with Crippen molar-refractivity contribution in [1.29, 1.82) is 0 Å². The second-order valence-electron chi connectivity index (χ2n) is 9.95. The third-order valence-corrected chi connectivity index (χ3v) is 9.31. The Morgan fingerprint density at radius 2 is 1.81 bits per heavy atom. The normalized spacial score (nSPS) is 28.3. The average Bonchev–Trinajstić information content (AvgIpc) is 3.18. The van der Waals surface area contributed by atoms with Crippen LogP contribution < -0.4 is 10.9 Å². The molecule has 4 saturated carbocycles. The van der Waals surface area contributed by atoms with Crippen molar-refractivity contribution in [3.05, 3.63) is 51.9 Å². The third kappa shape index (κ3) is 3.79. The molecule has 0 radical (unpaired) electrons. The van der Waals surface area contributed by atoms with Crippen molar-refractivity contribution in [3.8, 4) is 11.1 Å². The van der Waals surface area contributed by atoms with E-state index in [4.69, 9.17) is 0 Å². The quantitative estimate of drug-likeness (QED) is 0.539. The fourth-order valence-corrected chi connectivity index (χ4v) is 8.38. The van der Waals surface area contributed by atoms with Gasteiger partial charge in [-0.15, -0.1) is 23.1 Å². The van der Waals surface area contributed by atoms with Gasteiger partial charge in [0.1, 0.15) is 10.7 Å². The van der Waals surface area contributed by atoms with Crippen molar-refractivity contribution >= 4 is 39.2 Å². The van der Waals surface area contributed by atoms with Crippen LogP contribution in [-0.2, 0) is 10.5 Å². The van der Waals surface area contributed by atoms with Crippen molar-refractivity contribution in [2.75, 3.05) is 5.75 Å². The zero-order valence-electron chi connectivity index (χ0n) is 17.9. The number of aromatic nitrogens is 2. The van der Waals surface area contributed by atoms with Gasteiger partial charge >= 0.3 is 0 Å². The monoisotopic (exact) mass is 465 g/mol. The minimum atomic E-state index is -0.108. The molecule has 0 aliphatic heterocycles. The number of fused-ring (bicyclic) bond motifs is 1. The molecule has 32 heavy (non-hydrogen) atoms. The van der Waals surface area contributed by atoms with Crippen LogP contribution in [0.5, 0.6) is 0 Å². The molecule has 166 valence electrons. The van der Waals surface area contributed by atoms with E-state index in [9.17, 15) is 9.59 Å². The number of H-pyrrole nitrogens is 1. The summed E-state index contributed by atoms with van der Waals surface area (Å²) in [5.74, 6) is 4.16. The zero-order chi connectivity index (χ0) is 21.7. The van der Waals surface area contributed by atoms with Crippen molar-refractivity contribution in [1.82, 2.24) is 15.3 Å². The van der Waals surface area contributed by atoms with Gasteiger partial charge < -0.3 is 10.3 Å². The molecule has 3 aromatic rings. The molecular weight excluding hydrogens is 438 g/mol. The van der Waals surface area contributed by atoms with Gasteiger partial charge in [-0.3, -0.25) is 9.59 Å². The van der Waals surface area contributed by atoms with Crippen LogP contribution in [0.2, 0.25) is 0 Å². The zero-order valence-corrected chi connectivity index (χ0v) is 19.6. The molecule has 0 unspecified atom stereocenters. The molecule has 0 atom stereocenters. The maximum atomic E-state index is 12.8. The fourth-order valence-electron chi connectivity index (χ4n) is 6.73. The van der Waals surface area contributed by atoms with Gasteiger partial charge in [-0.25, -0.2) is 4.98 Å². The van der Waals surface area contributed by atoms with Crippen LogP contribution in [-0.4, -0.2) is 27.2 Å². The molecule has 7 heteroatoms. The van der Waals surface area contributed by atoms with E-state index in [1.54, 1.807) is 0 Å². The Morgan fingerprint density at radius 3 is 2.50 bits per heavy atom. The van der Waals surface area contributed by atoms with Crippen LogP contribution in [0.1, 0.15) is 44.3 Å². The molecule has 2 N–H and O–H groups in total. The Balaban J connectivity index is 1.10. The molecule has 0 spiro atoms. The molecule has 2 heterocycles. The predicted molar refractivity (Wildman–Crippen MR) is 131 cm³/mol. The van der Waals surface area contributed by atoms with E-state index >= 15 is 0 Å². The molecule has 4 fully saturated rings. The first-order chi connectivity index (χ1) is 15.6. The predicted octanol–water partition coefficient (Wildman–Crippen LogP) is 4.97. The lowest BCUT2D eigenvalue weighted by Crippen LogP contribution is -2.60. The molecule has 2 aromatic heterocycles. The Morgan fingerprint density at radius 1 is 1.12 bits per heavy atom. The molecule has 4 aliphatic rings. The molecular formula is C25H27N3O2S2. The SMILES string of the molecule is O=C(CSCc1nc2scc(-c3ccccc3)c2c(=O)[nH]1)NC12CC3CC(CC(C3)C1)C2. The number of amides is 1. The van der Waals surface area contributed by atoms with Crippen molar-refractivity contribution in [2.24, 2.45) is 17.8 Å². The highest BCUT2D eigenvalue weighted by molar-refractivity contribution is 7.99. The van der Waals surface area contributed by atoms with Gasteiger partial charge in [-0.05, 0) is 61.8 Å². The molecule has 1 amide bonds. The summed E-state index contributed by atoms with van der Waals surface area (Å²) in [7, 11) is 0. The number of rotatable bonds is 6. The average molecular weight is 466 g/mol. The van der Waals surface area contributed by atoms with E-state index in [0.717, 1.165) is 33.7 Å². The summed E-state index contributed by atoms with van der Waals surface area (Å²) in [6.45, 7) is 0. The minimum Gasteiger partial charge on any atom is -0.350 e. The van der Waals surface area contributed by atoms with Crippen LogP contribution in [0.15, 0.2) is 40.5 Å². The van der Waals surface area contributed by atoms with Gasteiger partial charge in [-0.1, -0.05) is 30.3 Å². The molecule has 4 aliphatic carbocycles. The fraction of sp³-hybridized carbons (Fsp3) is 0.480. The molecule has 7 rings (SSSR count). The van der Waals surface area contributed by atoms with Crippen LogP contribution in [0.25, 0.3) is 21.3 Å². The maximum absolute atomic E-state index is 12.8. The number of nitrogens with zero attached hydrogens (tertiary/aromatic N) is 1. The van der Waals surface area contributed by atoms with E-state index in [1.807, 2.05) is 35.7 Å². The van der Waals surface area contributed by atoms with Crippen molar-refractivity contribution in [3.63, 3.8) is 0 Å². The summed E-state index contributed by atoms with van der Waals surface area (Å²) in [4.78, 5) is 33.9. The topological polar surface area (TPSA) is 74.8 Å². The highest BCUT2D eigenvalue weighted by Crippen LogP contribution is 2.55. The molecule has 0 saturated heterocycles. The standard InChI is InChI=1S/C25H27N3O2S2/c29-21(28-25-9-15-6-16(10-25)8-17(7-15)11-25)14-31-13-20-26-23(30)22-19(12-32-24(22)27-20)18-4-2-1-3-5-18/h1-5,12,15-17H,6-11,13-14H2,(H,28,29)(H,26,27,30). The first-order valence-electron chi connectivity index (χ1n) is 11.5. The second-order valence-corrected chi connectivity index (χ2v) is 11.8. The number of thiophene rings is 1. The second kappa shape index (κ2) is 8.03. The Hall–Kier alpha value is -2.12. The Bertz CT molecular complexity index is 1180. The van der Waals surface area contributed by atoms with Crippen LogP contribution in [0.3, 0.4) is 0 Å². The molecule has 5 nitrogen and oxygen atoms in total. The molecule has 1 aromatic carbocycles. The summed E-state index contributed by atoms with van der Waals surface area (Å²) in [6, 6.07) is 9.93. The van der Waals surface area contributed by atoms with Crippen LogP contribution >= 0.6 is 23.1 Å². The smallest absolute Gasteiger partial charge is 0.260 e. The number of carbonyl (C=O) groups is 1. The molecule has 4 bridgehead atoms. The highest BCUT2D eigenvalue weighted by Gasteiger charge is 2.51. The van der Waals surface area contributed by atoms with Gasteiger partial charge in [0.05, 0.1) is 16.9 Å². The first-order valence-corrected chi connectivity index (χ1v) is 13.5. The van der Waals surface area contributed by atoms with Gasteiger partial charge in [0.15, 0.2) is 0 Å². The van der Waals surface area contributed by atoms with Crippen molar-refractivity contribution in [2.45, 2.75) is 49.8 Å². The van der Waals surface area contributed by atoms with E-state index in [2.05, 4.69) is 15.3 Å². The van der Waals surface area contributed by atoms with Gasteiger partial charge in [0, 0.05) is 16.5 Å². The maximum Gasteiger partial charge on any atom is 0.260 e. The number of aromatic amines is 1. The largest absolute Gasteiger partial charge is 0.350 e. The number of hydrogen-bond acceptors (Lipinski definition) is 5. The minimum absolute atomic E-state index is 0.0582. The lowest BCUT2D eigenvalue weighted by Gasteiger charge is -2.56. The lowest BCUT2D eigenvalue weighted by molar-refractivity contribution is -0.124. The third-order valence-electron chi connectivity index (χ3n) is 7.49. The van der Waals surface area contributed by atoms with E-state index in [0.29, 0.717) is 22.7 Å². The number of thioether (sulfide) groups is 1. The number of benzene rings is 1. The first kappa shape index (κ1) is 20.5. The van der Waals surface area contributed by atoms with Gasteiger partial charge in [-0.2, -0.15) is 0 Å². The Labute approximate surface area is 195 Å². The lowest BCUT2D eigenvalue weighted by atomic mass is 9.53. The van der Waals surface area contributed by atoms with Gasteiger partial charge in [0.2, 0.25) is 5.91 Å². The summed E-state index contributed by atoms with van der Waals surface area (Å²) >= 11 is 3.02. The van der Waals surface area contributed by atoms with Crippen LogP contribution in [0.4, 0.5) is 0 Å². The van der Waals surface area contributed by atoms with E-state index in [-0.39, 0.29) is 17.0 Å². The summed E-state index contributed by atoms with van der Waals surface area (Å²) in [5.41, 5.74) is 1.90. The van der Waals surface area contributed by atoms with E-state index in [1.165, 1.54) is 61.6 Å².